The number of hydrogen-bond donors (Lipinski definition) is 1. The highest BCUT2D eigenvalue weighted by molar-refractivity contribution is 7.88. The third kappa shape index (κ3) is 3.40. The number of benzene rings is 1. The van der Waals surface area contributed by atoms with Gasteiger partial charge < -0.3 is 4.90 Å². The number of sulfonamides is 1. The Hall–Kier alpha value is -2.52. The summed E-state index contributed by atoms with van der Waals surface area (Å²) in [5.74, 6) is 0.605. The summed E-state index contributed by atoms with van der Waals surface area (Å²) < 4.78 is 25.6. The van der Waals surface area contributed by atoms with Crippen molar-refractivity contribution < 1.29 is 8.42 Å². The maximum absolute atomic E-state index is 12.0. The summed E-state index contributed by atoms with van der Waals surface area (Å²) in [6, 6.07) is 10.0. The Bertz CT molecular complexity index is 1000. The Morgan fingerprint density at radius 3 is 2.77 bits per heavy atom. The van der Waals surface area contributed by atoms with Crippen molar-refractivity contribution in [3.05, 3.63) is 48.3 Å². The zero-order valence-electron chi connectivity index (χ0n) is 14.4. The molecular formula is C17H20N6O2S. The van der Waals surface area contributed by atoms with Crippen LogP contribution in [0.2, 0.25) is 0 Å². The molecule has 0 bridgehead atoms. The van der Waals surface area contributed by atoms with Crippen LogP contribution < -0.4 is 4.90 Å². The minimum Gasteiger partial charge on any atom is -0.335 e. The van der Waals surface area contributed by atoms with Gasteiger partial charge >= 0.3 is 0 Å². The summed E-state index contributed by atoms with van der Waals surface area (Å²) in [4.78, 5) is 11.1. The summed E-state index contributed by atoms with van der Waals surface area (Å²) >= 11 is 0. The Balaban J connectivity index is 1.66. The molecule has 8 nitrogen and oxygen atoms in total. The average molecular weight is 372 g/mol. The van der Waals surface area contributed by atoms with Crippen LogP contribution in [0.15, 0.2) is 42.7 Å². The molecule has 1 saturated heterocycles. The second kappa shape index (κ2) is 6.65. The minimum absolute atomic E-state index is 0.0368. The molecule has 1 N–H and O–H groups in total. The number of rotatable bonds is 4. The van der Waals surface area contributed by atoms with Crippen LogP contribution in [-0.2, 0) is 16.4 Å². The molecule has 26 heavy (non-hydrogen) atoms. The first kappa shape index (κ1) is 16.9. The third-order valence-corrected chi connectivity index (χ3v) is 5.93. The van der Waals surface area contributed by atoms with Crippen LogP contribution in [0.3, 0.4) is 0 Å². The fraction of sp³-hybridized carbons (Fsp3) is 0.353. The number of H-pyrrole nitrogens is 1. The van der Waals surface area contributed by atoms with Crippen molar-refractivity contribution >= 4 is 27.0 Å². The fourth-order valence-electron chi connectivity index (χ4n) is 3.32. The molecule has 0 amide bonds. The molecule has 0 spiro atoms. The zero-order valence-corrected chi connectivity index (χ0v) is 15.2. The van der Waals surface area contributed by atoms with Gasteiger partial charge in [-0.2, -0.15) is 9.40 Å². The van der Waals surface area contributed by atoms with E-state index < -0.39 is 10.0 Å². The largest absolute Gasteiger partial charge is 0.335 e. The van der Waals surface area contributed by atoms with E-state index in [1.165, 1.54) is 10.6 Å². The van der Waals surface area contributed by atoms with Crippen LogP contribution in [0.4, 0.5) is 5.95 Å². The zero-order chi connectivity index (χ0) is 18.1. The van der Waals surface area contributed by atoms with Crippen molar-refractivity contribution in [1.82, 2.24) is 24.5 Å². The van der Waals surface area contributed by atoms with E-state index in [2.05, 4.69) is 37.2 Å². The van der Waals surface area contributed by atoms with Crippen molar-refractivity contribution in [2.24, 2.45) is 0 Å². The molecule has 1 fully saturated rings. The van der Waals surface area contributed by atoms with Crippen molar-refractivity contribution in [1.29, 1.82) is 0 Å². The molecule has 0 saturated carbocycles. The predicted octanol–water partition coefficient (Wildman–Crippen LogP) is 1.05. The Morgan fingerprint density at radius 1 is 1.19 bits per heavy atom. The van der Waals surface area contributed by atoms with Crippen molar-refractivity contribution in [2.75, 3.05) is 30.8 Å². The number of nitrogens with one attached hydrogen (secondary N) is 1. The fourth-order valence-corrected chi connectivity index (χ4v) is 4.18. The number of piperazine rings is 1. The molecule has 0 aliphatic carbocycles. The van der Waals surface area contributed by atoms with E-state index >= 15 is 0 Å². The van der Waals surface area contributed by atoms with Crippen molar-refractivity contribution in [3.8, 4) is 0 Å². The first-order valence-electron chi connectivity index (χ1n) is 8.42. The lowest BCUT2D eigenvalue weighted by Gasteiger charge is -2.40. The lowest BCUT2D eigenvalue weighted by molar-refractivity contribution is 0.330. The Labute approximate surface area is 151 Å². The van der Waals surface area contributed by atoms with E-state index in [4.69, 9.17) is 0 Å². The summed E-state index contributed by atoms with van der Waals surface area (Å²) in [7, 11) is -3.23. The molecular weight excluding hydrogens is 352 g/mol. The van der Waals surface area contributed by atoms with Gasteiger partial charge in [0.2, 0.25) is 16.0 Å². The molecule has 0 radical (unpaired) electrons. The third-order valence-electron chi connectivity index (χ3n) is 4.66. The molecule has 136 valence electrons. The van der Waals surface area contributed by atoms with E-state index in [1.54, 1.807) is 12.4 Å². The van der Waals surface area contributed by atoms with Crippen LogP contribution in [0.25, 0.3) is 11.0 Å². The van der Waals surface area contributed by atoms with Crippen molar-refractivity contribution in [2.45, 2.75) is 12.5 Å². The molecule has 1 aliphatic heterocycles. The van der Waals surface area contributed by atoms with Crippen LogP contribution in [0.5, 0.6) is 0 Å². The summed E-state index contributed by atoms with van der Waals surface area (Å²) in [5.41, 5.74) is 2.68. The van der Waals surface area contributed by atoms with Gasteiger partial charge in [0.05, 0.1) is 18.6 Å². The Morgan fingerprint density at radius 2 is 2.00 bits per heavy atom. The molecule has 4 rings (SSSR count). The molecule has 2 aromatic heterocycles. The molecule has 1 aromatic carbocycles. The lowest BCUT2D eigenvalue weighted by Crippen LogP contribution is -2.56. The summed E-state index contributed by atoms with van der Waals surface area (Å²) in [5, 5.41) is 6.83. The molecule has 3 heterocycles. The number of hydrogen-bond acceptors (Lipinski definition) is 6. The molecule has 0 unspecified atom stereocenters. The topological polar surface area (TPSA) is 95.1 Å². The molecule has 1 atom stereocenters. The van der Waals surface area contributed by atoms with Gasteiger partial charge in [-0.15, -0.1) is 0 Å². The number of fused-ring (bicyclic) bond motifs is 1. The number of nitrogens with zero attached hydrogens (tertiary/aromatic N) is 5. The molecule has 3 aromatic rings. The second-order valence-corrected chi connectivity index (χ2v) is 8.48. The summed E-state index contributed by atoms with van der Waals surface area (Å²) in [6.45, 7) is 1.39. The Kier molecular flexibility index (Phi) is 4.33. The van der Waals surface area contributed by atoms with Gasteiger partial charge in [0.25, 0.3) is 0 Å². The van der Waals surface area contributed by atoms with Gasteiger partial charge in [-0.3, -0.25) is 5.10 Å². The monoisotopic (exact) mass is 372 g/mol. The highest BCUT2D eigenvalue weighted by Crippen LogP contribution is 2.22. The van der Waals surface area contributed by atoms with Gasteiger partial charge in [0.1, 0.15) is 11.0 Å². The van der Waals surface area contributed by atoms with E-state index in [0.29, 0.717) is 25.6 Å². The summed E-state index contributed by atoms with van der Waals surface area (Å²) in [6.07, 6.45) is 5.36. The van der Waals surface area contributed by atoms with Crippen LogP contribution in [-0.4, -0.2) is 64.8 Å². The first-order chi connectivity index (χ1) is 12.5. The van der Waals surface area contributed by atoms with Crippen molar-refractivity contribution in [3.63, 3.8) is 0 Å². The van der Waals surface area contributed by atoms with Crippen LogP contribution in [0, 0.1) is 0 Å². The van der Waals surface area contributed by atoms with Crippen LogP contribution in [0.1, 0.15) is 5.56 Å². The highest BCUT2D eigenvalue weighted by atomic mass is 32.2. The quantitative estimate of drug-likeness (QED) is 0.735. The van der Waals surface area contributed by atoms with Gasteiger partial charge in [-0.05, 0) is 12.0 Å². The average Bonchev–Trinajstić information content (AvgIpc) is 3.09. The van der Waals surface area contributed by atoms with E-state index in [-0.39, 0.29) is 6.04 Å². The van der Waals surface area contributed by atoms with Gasteiger partial charge in [0.15, 0.2) is 0 Å². The van der Waals surface area contributed by atoms with Gasteiger partial charge in [-0.25, -0.2) is 18.4 Å². The first-order valence-corrected chi connectivity index (χ1v) is 10.3. The second-order valence-electron chi connectivity index (χ2n) is 6.50. The van der Waals surface area contributed by atoms with Crippen LogP contribution >= 0.6 is 0 Å². The van der Waals surface area contributed by atoms with Gasteiger partial charge in [-0.1, -0.05) is 30.3 Å². The highest BCUT2D eigenvalue weighted by Gasteiger charge is 2.32. The molecule has 1 aliphatic rings. The van der Waals surface area contributed by atoms with E-state index in [9.17, 15) is 8.42 Å². The number of anilines is 1. The van der Waals surface area contributed by atoms with E-state index in [1.807, 2.05) is 18.2 Å². The standard InChI is InChI=1S/C17H20N6O2S/c1-26(24,25)22-7-8-23(14(12-22)9-13-5-3-2-4-6-13)17-18-10-16-15(20-17)11-19-21-16/h2-6,10-11,14H,7-9,12H2,1H3,(H,19,21)/t14-/m1/s1. The number of aromatic amines is 1. The van der Waals surface area contributed by atoms with Gasteiger partial charge in [0, 0.05) is 25.7 Å². The smallest absolute Gasteiger partial charge is 0.226 e. The van der Waals surface area contributed by atoms with E-state index in [0.717, 1.165) is 23.0 Å². The molecule has 9 heteroatoms. The minimum atomic E-state index is -3.23. The predicted molar refractivity (Wildman–Crippen MR) is 99.4 cm³/mol. The lowest BCUT2D eigenvalue weighted by atomic mass is 10.0. The SMILES string of the molecule is CS(=O)(=O)N1CCN(c2ncc3[nH]ncc3n2)[C@H](Cc2ccccc2)C1. The maximum atomic E-state index is 12.0. The number of aromatic nitrogens is 4. The maximum Gasteiger partial charge on any atom is 0.226 e. The normalized spacial score (nSPS) is 19.1.